The molecule has 1 aromatic carbocycles. The molecule has 0 aliphatic carbocycles. The third kappa shape index (κ3) is 1.96. The molecule has 0 saturated carbocycles. The lowest BCUT2D eigenvalue weighted by molar-refractivity contribution is 0.174. The first kappa shape index (κ1) is 10.9. The summed E-state index contributed by atoms with van der Waals surface area (Å²) in [5.41, 5.74) is 2.54. The largest absolute Gasteiger partial charge is 0.386 e. The zero-order valence-corrected chi connectivity index (χ0v) is 9.61. The van der Waals surface area contributed by atoms with Gasteiger partial charge in [0.2, 0.25) is 0 Å². The number of hydrogen-bond acceptors (Lipinski definition) is 4. The van der Waals surface area contributed by atoms with Crippen molar-refractivity contribution in [2.75, 3.05) is 0 Å². The molecule has 90 valence electrons. The molecular weight excluding hydrogens is 228 g/mol. The molecule has 2 aromatic heterocycles. The van der Waals surface area contributed by atoms with Gasteiger partial charge in [0.05, 0.1) is 11.7 Å². The number of rotatable bonds is 3. The summed E-state index contributed by atoms with van der Waals surface area (Å²) in [4.78, 5) is 4.30. The first-order valence-corrected chi connectivity index (χ1v) is 5.71. The number of nitrogens with zero attached hydrogens (tertiary/aromatic N) is 3. The summed E-state index contributed by atoms with van der Waals surface area (Å²) in [5, 5.41) is 21.2. The van der Waals surface area contributed by atoms with Crippen molar-refractivity contribution < 1.29 is 5.11 Å². The molecule has 0 saturated heterocycles. The van der Waals surface area contributed by atoms with Crippen molar-refractivity contribution in [3.8, 4) is 0 Å². The van der Waals surface area contributed by atoms with Gasteiger partial charge in [-0.3, -0.25) is 4.98 Å². The van der Waals surface area contributed by atoms with Crippen molar-refractivity contribution in [3.05, 3.63) is 54.0 Å². The molecule has 5 heteroatoms. The van der Waals surface area contributed by atoms with Gasteiger partial charge < -0.3 is 5.11 Å². The van der Waals surface area contributed by atoms with Gasteiger partial charge in [-0.1, -0.05) is 18.2 Å². The van der Waals surface area contributed by atoms with Crippen LogP contribution in [0.3, 0.4) is 0 Å². The van der Waals surface area contributed by atoms with Gasteiger partial charge in [0.15, 0.2) is 0 Å². The molecule has 2 heterocycles. The van der Waals surface area contributed by atoms with Gasteiger partial charge in [-0.15, -0.1) is 0 Å². The maximum atomic E-state index is 10.1. The van der Waals surface area contributed by atoms with Crippen LogP contribution in [0.15, 0.2) is 42.7 Å². The molecule has 1 unspecified atom stereocenters. The molecule has 1 atom stereocenters. The second kappa shape index (κ2) is 4.54. The monoisotopic (exact) mass is 240 g/mol. The minimum atomic E-state index is -0.658. The van der Waals surface area contributed by atoms with Crippen LogP contribution in [-0.2, 0) is 6.42 Å². The highest BCUT2D eigenvalue weighted by Gasteiger charge is 2.13. The van der Waals surface area contributed by atoms with Crippen LogP contribution in [-0.4, -0.2) is 25.5 Å². The summed E-state index contributed by atoms with van der Waals surface area (Å²) < 4.78 is 0. The van der Waals surface area contributed by atoms with Crippen LogP contribution in [0, 0.1) is 0 Å². The van der Waals surface area contributed by atoms with Gasteiger partial charge in [-0.25, -0.2) is 0 Å². The quantitative estimate of drug-likeness (QED) is 0.729. The second-order valence-corrected chi connectivity index (χ2v) is 4.10. The smallest absolute Gasteiger partial charge is 0.111 e. The Morgan fingerprint density at radius 1 is 1.22 bits per heavy atom. The zero-order chi connectivity index (χ0) is 12.4. The van der Waals surface area contributed by atoms with E-state index in [2.05, 4.69) is 20.4 Å². The molecule has 2 N–H and O–H groups in total. The fraction of sp³-hybridized carbons (Fsp3) is 0.154. The Labute approximate surface area is 103 Å². The van der Waals surface area contributed by atoms with Gasteiger partial charge in [0.1, 0.15) is 11.8 Å². The third-order valence-corrected chi connectivity index (χ3v) is 2.93. The SMILES string of the molecule is OC(Cc1ccnc2ccccc12)c1cn[nH]n1. The van der Waals surface area contributed by atoms with Crippen LogP contribution >= 0.6 is 0 Å². The highest BCUT2D eigenvalue weighted by molar-refractivity contribution is 5.81. The molecular formula is C13H12N4O. The van der Waals surface area contributed by atoms with Crippen LogP contribution in [0.4, 0.5) is 0 Å². The molecule has 0 spiro atoms. The standard InChI is InChI=1S/C13H12N4O/c18-13(12-8-15-17-16-12)7-9-5-6-14-11-4-2-1-3-10(9)11/h1-6,8,13,18H,7H2,(H,15,16,17). The molecule has 3 aromatic rings. The van der Waals surface area contributed by atoms with Crippen molar-refractivity contribution in [1.82, 2.24) is 20.4 Å². The minimum absolute atomic E-state index is 0.496. The van der Waals surface area contributed by atoms with Crippen molar-refractivity contribution in [2.45, 2.75) is 12.5 Å². The van der Waals surface area contributed by atoms with Crippen molar-refractivity contribution in [3.63, 3.8) is 0 Å². The van der Waals surface area contributed by atoms with E-state index in [4.69, 9.17) is 0 Å². The maximum absolute atomic E-state index is 10.1. The Kier molecular flexibility index (Phi) is 2.74. The van der Waals surface area contributed by atoms with E-state index >= 15 is 0 Å². The van der Waals surface area contributed by atoms with Gasteiger partial charge >= 0.3 is 0 Å². The summed E-state index contributed by atoms with van der Waals surface area (Å²) in [6, 6.07) is 9.81. The molecule has 5 nitrogen and oxygen atoms in total. The van der Waals surface area contributed by atoms with Gasteiger partial charge in [0.25, 0.3) is 0 Å². The lowest BCUT2D eigenvalue weighted by Crippen LogP contribution is -2.03. The molecule has 18 heavy (non-hydrogen) atoms. The van der Waals surface area contributed by atoms with Gasteiger partial charge in [-0.2, -0.15) is 15.4 Å². The fourth-order valence-corrected chi connectivity index (χ4v) is 2.02. The predicted octanol–water partition coefficient (Wildman–Crippen LogP) is 1.63. The molecule has 0 bridgehead atoms. The lowest BCUT2D eigenvalue weighted by Gasteiger charge is -2.09. The number of pyridine rings is 1. The normalized spacial score (nSPS) is 12.7. The Morgan fingerprint density at radius 3 is 2.94 bits per heavy atom. The van der Waals surface area contributed by atoms with Crippen LogP contribution in [0.1, 0.15) is 17.4 Å². The van der Waals surface area contributed by atoms with Gasteiger partial charge in [-0.05, 0) is 17.7 Å². The highest BCUT2D eigenvalue weighted by Crippen LogP contribution is 2.21. The lowest BCUT2D eigenvalue weighted by atomic mass is 10.0. The van der Waals surface area contributed by atoms with E-state index in [1.54, 1.807) is 6.20 Å². The number of aliphatic hydroxyl groups excluding tert-OH is 1. The van der Waals surface area contributed by atoms with Crippen molar-refractivity contribution in [2.24, 2.45) is 0 Å². The van der Waals surface area contributed by atoms with Crippen LogP contribution in [0.5, 0.6) is 0 Å². The maximum Gasteiger partial charge on any atom is 0.111 e. The van der Waals surface area contributed by atoms with E-state index in [1.807, 2.05) is 30.3 Å². The Hall–Kier alpha value is -2.27. The summed E-state index contributed by atoms with van der Waals surface area (Å²) in [6.45, 7) is 0. The third-order valence-electron chi connectivity index (χ3n) is 2.93. The van der Waals surface area contributed by atoms with Crippen molar-refractivity contribution in [1.29, 1.82) is 0 Å². The average Bonchev–Trinajstić information content (AvgIpc) is 2.93. The molecule has 3 rings (SSSR count). The number of aromatic nitrogens is 4. The number of benzene rings is 1. The number of hydrogen-bond donors (Lipinski definition) is 2. The number of fused-ring (bicyclic) bond motifs is 1. The number of aliphatic hydroxyl groups is 1. The fourth-order valence-electron chi connectivity index (χ4n) is 2.02. The highest BCUT2D eigenvalue weighted by atomic mass is 16.3. The molecule has 0 aliphatic heterocycles. The van der Waals surface area contributed by atoms with E-state index in [0.29, 0.717) is 12.1 Å². The Morgan fingerprint density at radius 2 is 2.11 bits per heavy atom. The summed E-state index contributed by atoms with van der Waals surface area (Å²) >= 11 is 0. The molecule has 0 fully saturated rings. The Bertz CT molecular complexity index is 646. The Balaban J connectivity index is 1.95. The average molecular weight is 240 g/mol. The van der Waals surface area contributed by atoms with E-state index < -0.39 is 6.10 Å². The van der Waals surface area contributed by atoms with E-state index in [9.17, 15) is 5.11 Å². The molecule has 0 amide bonds. The predicted molar refractivity (Wildman–Crippen MR) is 66.8 cm³/mol. The van der Waals surface area contributed by atoms with Crippen LogP contribution < -0.4 is 0 Å². The number of para-hydroxylation sites is 1. The zero-order valence-electron chi connectivity index (χ0n) is 9.61. The van der Waals surface area contributed by atoms with E-state index in [1.165, 1.54) is 6.20 Å². The number of nitrogens with one attached hydrogen (secondary N) is 1. The van der Waals surface area contributed by atoms with E-state index in [-0.39, 0.29) is 0 Å². The number of aromatic amines is 1. The summed E-state index contributed by atoms with van der Waals surface area (Å²) in [5.74, 6) is 0. The van der Waals surface area contributed by atoms with E-state index in [0.717, 1.165) is 16.5 Å². The molecule has 0 radical (unpaired) electrons. The van der Waals surface area contributed by atoms with Gasteiger partial charge in [0, 0.05) is 18.0 Å². The molecule has 0 aliphatic rings. The summed E-state index contributed by atoms with van der Waals surface area (Å²) in [7, 11) is 0. The van der Waals surface area contributed by atoms with Crippen LogP contribution in [0.2, 0.25) is 0 Å². The van der Waals surface area contributed by atoms with Crippen LogP contribution in [0.25, 0.3) is 10.9 Å². The first-order chi connectivity index (χ1) is 8.84. The first-order valence-electron chi connectivity index (χ1n) is 5.71. The minimum Gasteiger partial charge on any atom is -0.386 e. The van der Waals surface area contributed by atoms with Crippen molar-refractivity contribution >= 4 is 10.9 Å². The number of H-pyrrole nitrogens is 1. The summed E-state index contributed by atoms with van der Waals surface area (Å²) in [6.07, 6.45) is 3.13. The second-order valence-electron chi connectivity index (χ2n) is 4.10. The topological polar surface area (TPSA) is 74.7 Å².